The minimum absolute atomic E-state index is 0.0337. The number of rotatable bonds is 11. The Hall–Kier alpha value is -4.81. The van der Waals surface area contributed by atoms with Gasteiger partial charge in [0.2, 0.25) is 0 Å². The van der Waals surface area contributed by atoms with E-state index >= 15 is 0 Å². The van der Waals surface area contributed by atoms with Gasteiger partial charge < -0.3 is 30.2 Å². The van der Waals surface area contributed by atoms with Crippen LogP contribution in [0.3, 0.4) is 0 Å². The monoisotopic (exact) mass is 719 g/mol. The second-order valence-electron chi connectivity index (χ2n) is 9.89. The van der Waals surface area contributed by atoms with Crippen LogP contribution in [0.2, 0.25) is 5.02 Å². The van der Waals surface area contributed by atoms with Gasteiger partial charge in [-0.3, -0.25) is 19.2 Å². The van der Waals surface area contributed by atoms with Crippen LogP contribution >= 0.6 is 11.6 Å². The molecule has 4 rings (SSSR count). The van der Waals surface area contributed by atoms with Crippen molar-refractivity contribution >= 4 is 46.5 Å². The third-order valence-electron chi connectivity index (χ3n) is 6.29. The minimum Gasteiger partial charge on any atom is -0.491 e. The van der Waals surface area contributed by atoms with E-state index in [2.05, 4.69) is 25.9 Å². The van der Waals surface area contributed by atoms with Crippen LogP contribution in [0.5, 0.6) is 11.5 Å². The number of halogens is 7. The lowest BCUT2D eigenvalue weighted by Gasteiger charge is -2.25. The van der Waals surface area contributed by atoms with Gasteiger partial charge in [-0.05, 0) is 62.3 Å². The predicted molar refractivity (Wildman–Crippen MR) is 162 cm³/mol. The standard InChI is InChI=1S/C26H28ClN5O5.C4F6O2/c1-35-13-14-36-19-5-6-20(22(15-19)37-18-8-11-28-12-9-18)25(33)31-21-3-2-10-29-24(21)26(34)32-23-7-4-17(27)16-30-23;5-3(6,7)1(11)2(12)4(8,9)10/h2-7,10,15-16,18,28H,8-9,11-14H2,1H3,(H,31,33)(H,30,32,34);. The van der Waals surface area contributed by atoms with Gasteiger partial charge in [0.05, 0.1) is 22.9 Å². The number of nitrogens with zero attached hydrogens (tertiary/aromatic N) is 2. The Morgan fingerprint density at radius 2 is 1.57 bits per heavy atom. The van der Waals surface area contributed by atoms with Crippen LogP contribution in [0, 0.1) is 0 Å². The van der Waals surface area contributed by atoms with Gasteiger partial charge in [0.15, 0.2) is 5.69 Å². The largest absolute Gasteiger partial charge is 0.491 e. The van der Waals surface area contributed by atoms with Crippen molar-refractivity contribution in [3.8, 4) is 11.5 Å². The lowest BCUT2D eigenvalue weighted by molar-refractivity contribution is -0.193. The number of piperidine rings is 1. The Kier molecular flexibility index (Phi) is 13.8. The van der Waals surface area contributed by atoms with Crippen molar-refractivity contribution in [3.05, 3.63) is 71.1 Å². The maximum Gasteiger partial charge on any atom is 0.458 e. The molecule has 0 saturated carbocycles. The third kappa shape index (κ3) is 12.0. The summed E-state index contributed by atoms with van der Waals surface area (Å²) in [4.78, 5) is 53.7. The van der Waals surface area contributed by atoms with Crippen molar-refractivity contribution in [2.45, 2.75) is 31.3 Å². The van der Waals surface area contributed by atoms with Crippen LogP contribution in [0.25, 0.3) is 0 Å². The van der Waals surface area contributed by atoms with E-state index in [1.807, 2.05) is 0 Å². The number of benzene rings is 1. The first-order chi connectivity index (χ1) is 23.1. The van der Waals surface area contributed by atoms with E-state index in [0.29, 0.717) is 41.1 Å². The van der Waals surface area contributed by atoms with Crippen molar-refractivity contribution in [1.29, 1.82) is 0 Å². The molecule has 264 valence electrons. The van der Waals surface area contributed by atoms with E-state index in [1.165, 1.54) is 12.4 Å². The molecule has 3 N–H and O–H groups in total. The first-order valence-corrected chi connectivity index (χ1v) is 14.5. The second-order valence-corrected chi connectivity index (χ2v) is 10.3. The minimum atomic E-state index is -5.77. The Labute approximate surface area is 279 Å². The molecule has 1 aromatic carbocycles. The summed E-state index contributed by atoms with van der Waals surface area (Å²) in [5, 5.41) is 9.20. The highest BCUT2D eigenvalue weighted by Crippen LogP contribution is 2.29. The molecule has 0 unspecified atom stereocenters. The molecule has 49 heavy (non-hydrogen) atoms. The summed E-state index contributed by atoms with van der Waals surface area (Å²) in [5.41, 5.74) is 0.590. The predicted octanol–water partition coefficient (Wildman–Crippen LogP) is 5.04. The van der Waals surface area contributed by atoms with Gasteiger partial charge in [-0.1, -0.05) is 11.6 Å². The van der Waals surface area contributed by atoms with E-state index in [4.69, 9.17) is 25.8 Å². The normalized spacial score (nSPS) is 13.4. The molecule has 1 aliphatic rings. The van der Waals surface area contributed by atoms with Gasteiger partial charge in [0, 0.05) is 25.6 Å². The molecule has 3 heterocycles. The summed E-state index contributed by atoms with van der Waals surface area (Å²) in [5.74, 6) is -6.52. The van der Waals surface area contributed by atoms with E-state index in [0.717, 1.165) is 25.9 Å². The Bertz CT molecular complexity index is 1590. The Morgan fingerprint density at radius 1 is 0.898 bits per heavy atom. The molecule has 3 aromatic rings. The quantitative estimate of drug-likeness (QED) is 0.139. The molecular weight excluding hydrogens is 692 g/mol. The molecule has 2 amide bonds. The number of hydrogen-bond donors (Lipinski definition) is 3. The smallest absolute Gasteiger partial charge is 0.458 e. The number of carbonyl (C=O) groups is 4. The maximum absolute atomic E-state index is 13.4. The van der Waals surface area contributed by atoms with E-state index < -0.39 is 35.7 Å². The van der Waals surface area contributed by atoms with Gasteiger partial charge in [0.25, 0.3) is 11.8 Å². The van der Waals surface area contributed by atoms with Gasteiger partial charge in [-0.25, -0.2) is 9.97 Å². The summed E-state index contributed by atoms with van der Waals surface area (Å²) >= 11 is 5.86. The highest BCUT2D eigenvalue weighted by atomic mass is 35.5. The van der Waals surface area contributed by atoms with Crippen molar-refractivity contribution in [3.63, 3.8) is 0 Å². The molecule has 0 aliphatic carbocycles. The maximum atomic E-state index is 13.4. The number of nitrogens with one attached hydrogen (secondary N) is 3. The zero-order valence-electron chi connectivity index (χ0n) is 25.4. The number of aromatic nitrogens is 2. The van der Waals surface area contributed by atoms with Crippen molar-refractivity contribution in [2.75, 3.05) is 44.0 Å². The summed E-state index contributed by atoms with van der Waals surface area (Å²) in [6.45, 7) is 2.48. The highest BCUT2D eigenvalue weighted by Gasteiger charge is 2.54. The molecule has 0 radical (unpaired) electrons. The van der Waals surface area contributed by atoms with Gasteiger partial charge in [0.1, 0.15) is 30.0 Å². The molecule has 0 bridgehead atoms. The second kappa shape index (κ2) is 17.5. The summed E-state index contributed by atoms with van der Waals surface area (Å²) in [7, 11) is 1.60. The van der Waals surface area contributed by atoms with Gasteiger partial charge in [-0.2, -0.15) is 26.3 Å². The number of anilines is 2. The summed E-state index contributed by atoms with van der Waals surface area (Å²) < 4.78 is 83.9. The fourth-order valence-corrected chi connectivity index (χ4v) is 4.08. The van der Waals surface area contributed by atoms with Crippen LogP contribution < -0.4 is 25.4 Å². The molecule has 2 aromatic heterocycles. The Balaban J connectivity index is 0.000000463. The number of alkyl halides is 6. The molecule has 19 heteroatoms. The average Bonchev–Trinajstić information content (AvgIpc) is 3.05. The van der Waals surface area contributed by atoms with Crippen molar-refractivity contribution in [2.24, 2.45) is 0 Å². The number of pyridine rings is 2. The third-order valence-corrected chi connectivity index (χ3v) is 6.52. The van der Waals surface area contributed by atoms with E-state index in [-0.39, 0.29) is 17.5 Å². The fourth-order valence-electron chi connectivity index (χ4n) is 3.97. The molecule has 1 aliphatic heterocycles. The van der Waals surface area contributed by atoms with Gasteiger partial charge in [-0.15, -0.1) is 0 Å². The van der Waals surface area contributed by atoms with E-state index in [9.17, 15) is 45.5 Å². The van der Waals surface area contributed by atoms with Crippen molar-refractivity contribution < 1.29 is 59.7 Å². The molecule has 0 atom stereocenters. The number of ether oxygens (including phenoxy) is 3. The van der Waals surface area contributed by atoms with Crippen LogP contribution in [0.1, 0.15) is 33.7 Å². The zero-order chi connectivity index (χ0) is 36.2. The molecule has 1 saturated heterocycles. The SMILES string of the molecule is COCCOc1ccc(C(=O)Nc2cccnc2C(=O)Nc2ccc(Cl)cn2)c(OC2CCNCC2)c1.O=C(C(=O)C(F)(F)F)C(F)(F)F. The van der Waals surface area contributed by atoms with Crippen LogP contribution in [0.4, 0.5) is 37.8 Å². The first kappa shape index (κ1) is 38.6. The van der Waals surface area contributed by atoms with E-state index in [1.54, 1.807) is 49.6 Å². The highest BCUT2D eigenvalue weighted by molar-refractivity contribution is 6.41. The topological polar surface area (TPSA) is 158 Å². The van der Waals surface area contributed by atoms with Crippen LogP contribution in [0.15, 0.2) is 54.9 Å². The average molecular weight is 720 g/mol. The number of Topliss-reactive ketones (excluding diaryl/α,β-unsaturated/α-hetero) is 2. The van der Waals surface area contributed by atoms with Crippen LogP contribution in [-0.4, -0.2) is 85.2 Å². The summed E-state index contributed by atoms with van der Waals surface area (Å²) in [6, 6.07) is 11.5. The number of methoxy groups -OCH3 is 1. The fraction of sp³-hybridized carbons (Fsp3) is 0.333. The zero-order valence-corrected chi connectivity index (χ0v) is 26.2. The lowest BCUT2D eigenvalue weighted by Crippen LogP contribution is -2.39. The molecule has 1 fully saturated rings. The molecule has 12 nitrogen and oxygen atoms in total. The number of hydrogen-bond acceptors (Lipinski definition) is 10. The molecule has 0 spiro atoms. The molecular formula is C30H28ClF6N5O7. The lowest BCUT2D eigenvalue weighted by atomic mass is 10.1. The summed E-state index contributed by atoms with van der Waals surface area (Å²) in [6.07, 6.45) is -7.04. The first-order valence-electron chi connectivity index (χ1n) is 14.1. The number of ketones is 2. The Morgan fingerprint density at radius 3 is 2.16 bits per heavy atom. The van der Waals surface area contributed by atoms with Gasteiger partial charge >= 0.3 is 23.9 Å². The number of amides is 2. The number of carbonyl (C=O) groups excluding carboxylic acids is 4. The van der Waals surface area contributed by atoms with Crippen molar-refractivity contribution in [1.82, 2.24) is 15.3 Å². The van der Waals surface area contributed by atoms with Crippen LogP contribution in [-0.2, 0) is 14.3 Å².